The minimum atomic E-state index is -4.11. The molecule has 0 amide bonds. The van der Waals surface area contributed by atoms with Gasteiger partial charge in [-0.2, -0.15) is 4.31 Å². The lowest BCUT2D eigenvalue weighted by atomic mass is 10.1. The van der Waals surface area contributed by atoms with Gasteiger partial charge < -0.3 is 0 Å². The van der Waals surface area contributed by atoms with Crippen LogP contribution in [0.5, 0.6) is 0 Å². The molecule has 0 radical (unpaired) electrons. The lowest BCUT2D eigenvalue weighted by molar-refractivity contribution is 0.316. The predicted molar refractivity (Wildman–Crippen MR) is 126 cm³/mol. The topological polar surface area (TPSA) is 71.5 Å². The average Bonchev–Trinajstić information content (AvgIpc) is 3.16. The summed E-state index contributed by atoms with van der Waals surface area (Å²) >= 11 is 6.30. The number of hydrogen-bond acceptors (Lipinski definition) is 4. The fourth-order valence-corrected chi connectivity index (χ4v) is 6.96. The second kappa shape index (κ2) is 8.63. The van der Waals surface area contributed by atoms with E-state index in [2.05, 4.69) is 0 Å². The number of benzene rings is 3. The molecular formula is C24H24ClNO4S2. The maximum atomic E-state index is 13.9. The van der Waals surface area contributed by atoms with Gasteiger partial charge in [-0.15, -0.1) is 0 Å². The maximum absolute atomic E-state index is 13.9. The highest BCUT2D eigenvalue weighted by molar-refractivity contribution is 7.91. The van der Waals surface area contributed by atoms with Crippen molar-refractivity contribution in [1.82, 2.24) is 4.31 Å². The fourth-order valence-electron chi connectivity index (χ4n) is 4.11. The lowest BCUT2D eigenvalue weighted by Gasteiger charge is -2.29. The lowest BCUT2D eigenvalue weighted by Crippen LogP contribution is -2.34. The van der Waals surface area contributed by atoms with Gasteiger partial charge >= 0.3 is 0 Å². The Labute approximate surface area is 194 Å². The molecular weight excluding hydrogens is 466 g/mol. The second-order valence-electron chi connectivity index (χ2n) is 8.15. The van der Waals surface area contributed by atoms with Crippen LogP contribution in [0.1, 0.15) is 34.7 Å². The zero-order valence-electron chi connectivity index (χ0n) is 17.8. The molecule has 3 aromatic rings. The van der Waals surface area contributed by atoms with Crippen LogP contribution in [0.3, 0.4) is 0 Å². The Morgan fingerprint density at radius 3 is 2.34 bits per heavy atom. The van der Waals surface area contributed by atoms with Gasteiger partial charge in [0.2, 0.25) is 10.0 Å². The van der Waals surface area contributed by atoms with Crippen LogP contribution in [0.15, 0.2) is 76.5 Å². The van der Waals surface area contributed by atoms with Gasteiger partial charge in [-0.1, -0.05) is 65.7 Å². The average molecular weight is 490 g/mol. The third-order valence-corrected chi connectivity index (χ3v) is 9.27. The minimum Gasteiger partial charge on any atom is -0.224 e. The highest BCUT2D eigenvalue weighted by Crippen LogP contribution is 2.41. The van der Waals surface area contributed by atoms with E-state index >= 15 is 0 Å². The number of sulfonamides is 1. The summed E-state index contributed by atoms with van der Waals surface area (Å²) in [6, 6.07) is 19.0. The van der Waals surface area contributed by atoms with Crippen LogP contribution in [0.4, 0.5) is 0 Å². The third kappa shape index (κ3) is 4.48. The maximum Gasteiger partial charge on any atom is 0.245 e. The molecule has 0 N–H and O–H groups in total. The van der Waals surface area contributed by atoms with E-state index < -0.39 is 19.9 Å². The zero-order chi connectivity index (χ0) is 23.1. The Morgan fingerprint density at radius 1 is 0.969 bits per heavy atom. The largest absolute Gasteiger partial charge is 0.245 e. The monoisotopic (exact) mass is 489 g/mol. The first-order valence-corrected chi connectivity index (χ1v) is 13.9. The van der Waals surface area contributed by atoms with Crippen LogP contribution in [0.25, 0.3) is 0 Å². The molecule has 0 spiro atoms. The highest BCUT2D eigenvalue weighted by atomic mass is 35.5. The van der Waals surface area contributed by atoms with E-state index in [1.807, 2.05) is 55.5 Å². The quantitative estimate of drug-likeness (QED) is 0.492. The van der Waals surface area contributed by atoms with Crippen LogP contribution in [0.2, 0.25) is 5.02 Å². The van der Waals surface area contributed by atoms with Gasteiger partial charge in [0.05, 0.1) is 16.0 Å². The molecule has 32 heavy (non-hydrogen) atoms. The van der Waals surface area contributed by atoms with Crippen molar-refractivity contribution in [3.63, 3.8) is 0 Å². The van der Waals surface area contributed by atoms with E-state index in [1.54, 1.807) is 0 Å². The summed E-state index contributed by atoms with van der Waals surface area (Å²) in [5, 5.41) is -0.00223. The summed E-state index contributed by atoms with van der Waals surface area (Å²) in [5.74, 6) is 0. The van der Waals surface area contributed by atoms with Crippen molar-refractivity contribution in [3.8, 4) is 0 Å². The first-order valence-electron chi connectivity index (χ1n) is 10.2. The van der Waals surface area contributed by atoms with Crippen LogP contribution in [-0.2, 0) is 32.8 Å². The van der Waals surface area contributed by atoms with Crippen molar-refractivity contribution in [1.29, 1.82) is 0 Å². The molecule has 0 saturated carbocycles. The van der Waals surface area contributed by atoms with Gasteiger partial charge in [-0.25, -0.2) is 16.8 Å². The van der Waals surface area contributed by atoms with Crippen molar-refractivity contribution in [2.75, 3.05) is 6.26 Å². The summed E-state index contributed by atoms with van der Waals surface area (Å²) in [7, 11) is -7.71. The molecule has 0 unspecified atom stereocenters. The smallest absolute Gasteiger partial charge is 0.224 e. The third-order valence-electron chi connectivity index (χ3n) is 5.83. The number of aryl methyl sites for hydroxylation is 2. The number of sulfone groups is 1. The van der Waals surface area contributed by atoms with E-state index in [4.69, 9.17) is 11.6 Å². The molecule has 0 fully saturated rings. The van der Waals surface area contributed by atoms with Gasteiger partial charge in [-0.3, -0.25) is 0 Å². The Bertz CT molecular complexity index is 1370. The normalized spacial score (nSPS) is 16.3. The SMILES string of the molecule is Cc1ccc(CN([C@H]2CCc3ccccc32)S(=O)(=O)c2cc(S(C)(=O)=O)ccc2Cl)cc1. The van der Waals surface area contributed by atoms with E-state index in [9.17, 15) is 16.8 Å². The molecule has 3 aromatic carbocycles. The summed E-state index contributed by atoms with van der Waals surface area (Å²) in [5.41, 5.74) is 4.02. The number of nitrogens with zero attached hydrogens (tertiary/aromatic N) is 1. The molecule has 5 nitrogen and oxygen atoms in total. The van der Waals surface area contributed by atoms with Gasteiger partial charge in [-0.05, 0) is 54.7 Å². The predicted octanol–water partition coefficient (Wildman–Crippen LogP) is 4.93. The molecule has 4 rings (SSSR count). The Morgan fingerprint density at radius 2 is 1.66 bits per heavy atom. The molecule has 1 aliphatic carbocycles. The second-order valence-corrected chi connectivity index (χ2v) is 12.4. The summed E-state index contributed by atoms with van der Waals surface area (Å²) in [6.45, 7) is 2.13. The van der Waals surface area contributed by atoms with Gasteiger partial charge in [0.15, 0.2) is 9.84 Å². The molecule has 168 valence electrons. The number of rotatable bonds is 6. The highest BCUT2D eigenvalue weighted by Gasteiger charge is 2.37. The van der Waals surface area contributed by atoms with E-state index in [0.29, 0.717) is 6.42 Å². The number of halogens is 1. The van der Waals surface area contributed by atoms with Crippen molar-refractivity contribution in [3.05, 3.63) is 94.0 Å². The molecule has 0 aliphatic heterocycles. The van der Waals surface area contributed by atoms with Gasteiger partial charge in [0, 0.05) is 12.8 Å². The molecule has 0 bridgehead atoms. The van der Waals surface area contributed by atoms with Crippen LogP contribution in [-0.4, -0.2) is 27.4 Å². The molecule has 1 aliphatic rings. The number of fused-ring (bicyclic) bond motifs is 1. The Kier molecular flexibility index (Phi) is 6.20. The zero-order valence-corrected chi connectivity index (χ0v) is 20.2. The van der Waals surface area contributed by atoms with Crippen LogP contribution in [0, 0.1) is 6.92 Å². The Hall–Kier alpha value is -2.19. The van der Waals surface area contributed by atoms with Crippen molar-refractivity contribution in [2.24, 2.45) is 0 Å². The summed E-state index contributed by atoms with van der Waals surface area (Å²) in [4.78, 5) is -0.277. The van der Waals surface area contributed by atoms with Crippen molar-refractivity contribution < 1.29 is 16.8 Å². The first-order chi connectivity index (χ1) is 15.1. The van der Waals surface area contributed by atoms with Gasteiger partial charge in [0.25, 0.3) is 0 Å². The van der Waals surface area contributed by atoms with Crippen LogP contribution < -0.4 is 0 Å². The molecule has 1 atom stereocenters. The Balaban J connectivity index is 1.85. The minimum absolute atomic E-state index is 0.00223. The standard InChI is InChI=1S/C24H24ClNO4S2/c1-17-7-9-18(10-8-17)16-26(23-14-11-19-5-3-4-6-21(19)23)32(29,30)24-15-20(31(2,27)28)12-13-22(24)25/h3-10,12-13,15,23H,11,14,16H2,1-2H3/t23-/m0/s1. The van der Waals surface area contributed by atoms with Crippen LogP contribution >= 0.6 is 11.6 Å². The van der Waals surface area contributed by atoms with E-state index in [1.165, 1.54) is 16.4 Å². The van der Waals surface area contributed by atoms with E-state index in [-0.39, 0.29) is 27.4 Å². The van der Waals surface area contributed by atoms with E-state index in [0.717, 1.165) is 41.0 Å². The number of hydrogen-bond donors (Lipinski definition) is 0. The summed E-state index contributed by atoms with van der Waals surface area (Å²) < 4.78 is 53.5. The molecule has 0 heterocycles. The van der Waals surface area contributed by atoms with Crippen molar-refractivity contribution >= 4 is 31.5 Å². The van der Waals surface area contributed by atoms with Crippen molar-refractivity contribution in [2.45, 2.75) is 42.1 Å². The summed E-state index contributed by atoms with van der Waals surface area (Å²) in [6.07, 6.45) is 2.47. The fraction of sp³-hybridized carbons (Fsp3) is 0.250. The molecule has 0 aromatic heterocycles. The first kappa shape index (κ1) is 23.0. The molecule has 8 heteroatoms. The van der Waals surface area contributed by atoms with Gasteiger partial charge in [0.1, 0.15) is 4.90 Å². The molecule has 0 saturated heterocycles.